The van der Waals surface area contributed by atoms with E-state index >= 15 is 0 Å². The average molecular weight is 197 g/mol. The molecule has 0 unspecified atom stereocenters. The molecule has 0 bridgehead atoms. The second-order valence-electron chi connectivity index (χ2n) is 4.00. The molecule has 5 nitrogen and oxygen atoms in total. The number of carbonyl (C=O) groups is 2. The molecule has 0 radical (unpaired) electrons. The quantitative estimate of drug-likeness (QED) is 0.548. The van der Waals surface area contributed by atoms with Crippen LogP contribution in [0.15, 0.2) is 0 Å². The minimum Gasteiger partial charge on any atom is -0.336 e. The fraction of sp³-hybridized carbons (Fsp3) is 0.778. The number of hydrogen-bond acceptors (Lipinski definition) is 3. The van der Waals surface area contributed by atoms with Gasteiger partial charge in [-0.2, -0.15) is 0 Å². The summed E-state index contributed by atoms with van der Waals surface area (Å²) in [6.07, 6.45) is 0. The Morgan fingerprint density at radius 1 is 1.29 bits per heavy atom. The maximum Gasteiger partial charge on any atom is 0.312 e. The van der Waals surface area contributed by atoms with Crippen LogP contribution in [0.3, 0.4) is 0 Å². The fourth-order valence-electron chi connectivity index (χ4n) is 1.74. The van der Waals surface area contributed by atoms with Crippen LogP contribution in [0.2, 0.25) is 0 Å². The van der Waals surface area contributed by atoms with Crippen molar-refractivity contribution in [2.45, 2.75) is 0 Å². The van der Waals surface area contributed by atoms with Crippen LogP contribution in [0, 0.1) is 5.92 Å². The predicted octanol–water partition coefficient (Wildman–Crippen LogP) is -1.49. The third kappa shape index (κ3) is 1.59. The molecule has 0 aromatic rings. The van der Waals surface area contributed by atoms with E-state index in [2.05, 4.69) is 5.32 Å². The molecule has 0 aromatic heterocycles. The van der Waals surface area contributed by atoms with Gasteiger partial charge in [0.25, 0.3) is 0 Å². The predicted molar refractivity (Wildman–Crippen MR) is 50.6 cm³/mol. The van der Waals surface area contributed by atoms with Gasteiger partial charge in [0, 0.05) is 45.7 Å². The van der Waals surface area contributed by atoms with Gasteiger partial charge in [-0.05, 0) is 0 Å². The smallest absolute Gasteiger partial charge is 0.312 e. The topological polar surface area (TPSA) is 52.6 Å². The maximum atomic E-state index is 11.5. The first kappa shape index (κ1) is 9.45. The van der Waals surface area contributed by atoms with Crippen LogP contribution in [0.1, 0.15) is 0 Å². The molecule has 2 saturated heterocycles. The van der Waals surface area contributed by atoms with Gasteiger partial charge in [0.2, 0.25) is 0 Å². The Labute approximate surface area is 83.0 Å². The standard InChI is InChI=1S/C9H15N3O2/c1-11-2-3-12(9(14)8(11)13)6-7-4-10-5-7/h7,10H,2-6H2,1H3. The van der Waals surface area contributed by atoms with Crippen LogP contribution in [0.5, 0.6) is 0 Å². The zero-order chi connectivity index (χ0) is 10.1. The molecule has 1 N–H and O–H groups in total. The van der Waals surface area contributed by atoms with Gasteiger partial charge < -0.3 is 15.1 Å². The molecule has 2 heterocycles. The molecule has 78 valence electrons. The molecule has 2 aliphatic rings. The first-order chi connectivity index (χ1) is 6.68. The number of hydrogen-bond donors (Lipinski definition) is 1. The fourth-order valence-corrected chi connectivity index (χ4v) is 1.74. The minimum absolute atomic E-state index is 0.342. The highest BCUT2D eigenvalue weighted by Gasteiger charge is 2.32. The zero-order valence-electron chi connectivity index (χ0n) is 8.32. The molecule has 0 saturated carbocycles. The van der Waals surface area contributed by atoms with Crippen molar-refractivity contribution >= 4 is 11.8 Å². The summed E-state index contributed by atoms with van der Waals surface area (Å²) in [5.74, 6) is -0.177. The number of rotatable bonds is 2. The summed E-state index contributed by atoms with van der Waals surface area (Å²) >= 11 is 0. The summed E-state index contributed by atoms with van der Waals surface area (Å²) < 4.78 is 0. The normalized spacial score (nSPS) is 24.1. The maximum absolute atomic E-state index is 11.5. The lowest BCUT2D eigenvalue weighted by molar-refractivity contribution is -0.155. The second kappa shape index (κ2) is 3.57. The number of likely N-dealkylation sites (N-methyl/N-ethyl adjacent to an activating group) is 1. The SMILES string of the molecule is CN1CCN(CC2CNC2)C(=O)C1=O. The molecule has 5 heteroatoms. The Bertz CT molecular complexity index is 263. The lowest BCUT2D eigenvalue weighted by Crippen LogP contribution is -2.57. The van der Waals surface area contributed by atoms with Gasteiger partial charge >= 0.3 is 11.8 Å². The van der Waals surface area contributed by atoms with Gasteiger partial charge in [-0.25, -0.2) is 0 Å². The Morgan fingerprint density at radius 3 is 2.57 bits per heavy atom. The molecule has 0 aliphatic carbocycles. The lowest BCUT2D eigenvalue weighted by atomic mass is 10.0. The van der Waals surface area contributed by atoms with E-state index in [4.69, 9.17) is 0 Å². The highest BCUT2D eigenvalue weighted by molar-refractivity contribution is 6.35. The largest absolute Gasteiger partial charge is 0.336 e. The Kier molecular flexibility index (Phi) is 2.41. The van der Waals surface area contributed by atoms with E-state index < -0.39 is 0 Å². The van der Waals surface area contributed by atoms with Crippen molar-refractivity contribution < 1.29 is 9.59 Å². The van der Waals surface area contributed by atoms with Crippen molar-refractivity contribution in [2.75, 3.05) is 39.8 Å². The van der Waals surface area contributed by atoms with Crippen molar-refractivity contribution in [1.29, 1.82) is 0 Å². The zero-order valence-corrected chi connectivity index (χ0v) is 8.32. The van der Waals surface area contributed by atoms with Gasteiger partial charge in [0.1, 0.15) is 0 Å². The first-order valence-corrected chi connectivity index (χ1v) is 4.93. The highest BCUT2D eigenvalue weighted by atomic mass is 16.2. The molecule has 2 aliphatic heterocycles. The first-order valence-electron chi connectivity index (χ1n) is 4.93. The van der Waals surface area contributed by atoms with Crippen molar-refractivity contribution in [1.82, 2.24) is 15.1 Å². The van der Waals surface area contributed by atoms with Crippen LogP contribution in [-0.2, 0) is 9.59 Å². The summed E-state index contributed by atoms with van der Waals surface area (Å²) in [6.45, 7) is 4.00. The summed E-state index contributed by atoms with van der Waals surface area (Å²) in [5.41, 5.74) is 0. The molecule has 14 heavy (non-hydrogen) atoms. The van der Waals surface area contributed by atoms with E-state index in [9.17, 15) is 9.59 Å². The number of amides is 2. The minimum atomic E-state index is -0.372. The van der Waals surface area contributed by atoms with E-state index in [-0.39, 0.29) is 11.8 Å². The van der Waals surface area contributed by atoms with Crippen LogP contribution in [0.25, 0.3) is 0 Å². The van der Waals surface area contributed by atoms with Crippen LogP contribution in [-0.4, -0.2) is 61.4 Å². The molecule has 2 fully saturated rings. The van der Waals surface area contributed by atoms with Crippen LogP contribution >= 0.6 is 0 Å². The molecule has 0 aromatic carbocycles. The summed E-state index contributed by atoms with van der Waals surface area (Å²) in [5, 5.41) is 3.15. The molecule has 0 spiro atoms. The van der Waals surface area contributed by atoms with E-state index in [1.165, 1.54) is 4.90 Å². The van der Waals surface area contributed by atoms with Crippen molar-refractivity contribution in [3.05, 3.63) is 0 Å². The molecule has 2 amide bonds. The highest BCUT2D eigenvalue weighted by Crippen LogP contribution is 2.09. The molecule has 0 atom stereocenters. The monoisotopic (exact) mass is 197 g/mol. The van der Waals surface area contributed by atoms with Gasteiger partial charge in [-0.1, -0.05) is 0 Å². The molecule has 2 rings (SSSR count). The van der Waals surface area contributed by atoms with E-state index in [0.29, 0.717) is 19.0 Å². The number of nitrogens with one attached hydrogen (secondary N) is 1. The van der Waals surface area contributed by atoms with E-state index in [1.54, 1.807) is 11.9 Å². The Morgan fingerprint density at radius 2 is 2.00 bits per heavy atom. The van der Waals surface area contributed by atoms with Gasteiger partial charge in [-0.3, -0.25) is 9.59 Å². The van der Waals surface area contributed by atoms with Crippen LogP contribution in [0.4, 0.5) is 0 Å². The van der Waals surface area contributed by atoms with Crippen molar-refractivity contribution in [3.8, 4) is 0 Å². The molecular formula is C9H15N3O2. The average Bonchev–Trinajstić information content (AvgIpc) is 2.10. The number of nitrogens with zero attached hydrogens (tertiary/aromatic N) is 2. The van der Waals surface area contributed by atoms with E-state index in [0.717, 1.165) is 19.6 Å². The third-order valence-corrected chi connectivity index (χ3v) is 2.87. The Hall–Kier alpha value is -1.10. The van der Waals surface area contributed by atoms with E-state index in [1.807, 2.05) is 0 Å². The van der Waals surface area contributed by atoms with Gasteiger partial charge in [0.05, 0.1) is 0 Å². The van der Waals surface area contributed by atoms with Gasteiger partial charge in [0.15, 0.2) is 0 Å². The lowest BCUT2D eigenvalue weighted by Gasteiger charge is -2.36. The summed E-state index contributed by atoms with van der Waals surface area (Å²) in [7, 11) is 1.67. The molecular weight excluding hydrogens is 182 g/mol. The second-order valence-corrected chi connectivity index (χ2v) is 4.00. The van der Waals surface area contributed by atoms with Crippen molar-refractivity contribution in [3.63, 3.8) is 0 Å². The Balaban J connectivity index is 1.92. The van der Waals surface area contributed by atoms with Crippen molar-refractivity contribution in [2.24, 2.45) is 5.92 Å². The number of carbonyl (C=O) groups excluding carboxylic acids is 2. The number of piperazine rings is 1. The third-order valence-electron chi connectivity index (χ3n) is 2.87. The summed E-state index contributed by atoms with van der Waals surface area (Å²) in [4.78, 5) is 26.0. The van der Waals surface area contributed by atoms with Crippen LogP contribution < -0.4 is 5.32 Å². The summed E-state index contributed by atoms with van der Waals surface area (Å²) in [6, 6.07) is 0. The van der Waals surface area contributed by atoms with Gasteiger partial charge in [-0.15, -0.1) is 0 Å².